The monoisotopic (exact) mass is 467 g/mol. The zero-order valence-corrected chi connectivity index (χ0v) is 20.5. The van der Waals surface area contributed by atoms with Gasteiger partial charge < -0.3 is 10.2 Å². The van der Waals surface area contributed by atoms with Crippen LogP contribution >= 0.6 is 0 Å². The third kappa shape index (κ3) is 4.77. The van der Waals surface area contributed by atoms with Crippen molar-refractivity contribution in [1.82, 2.24) is 4.90 Å². The first-order chi connectivity index (χ1) is 17.2. The average molecular weight is 468 g/mol. The van der Waals surface area contributed by atoms with Crippen molar-refractivity contribution in [3.63, 3.8) is 0 Å². The van der Waals surface area contributed by atoms with Gasteiger partial charge in [0.15, 0.2) is 0 Å². The molecule has 3 aliphatic carbocycles. The summed E-state index contributed by atoms with van der Waals surface area (Å²) in [4.78, 5) is 2.77. The molecule has 1 saturated heterocycles. The Bertz CT molecular complexity index is 1110. The van der Waals surface area contributed by atoms with Crippen molar-refractivity contribution in [1.29, 1.82) is 0 Å². The van der Waals surface area contributed by atoms with E-state index in [4.69, 9.17) is 0 Å². The summed E-state index contributed by atoms with van der Waals surface area (Å²) in [6.07, 6.45) is 14.0. The minimum atomic E-state index is 0.185. The highest BCUT2D eigenvalue weighted by Gasteiger charge is 2.66. The molecule has 3 fully saturated rings. The van der Waals surface area contributed by atoms with Gasteiger partial charge in [-0.15, -0.1) is 0 Å². The van der Waals surface area contributed by atoms with E-state index in [9.17, 15) is 10.2 Å². The van der Waals surface area contributed by atoms with E-state index in [0.29, 0.717) is 11.7 Å². The zero-order valence-electron chi connectivity index (χ0n) is 20.5. The number of aromatic hydroxyl groups is 1. The maximum atomic E-state index is 9.92. The molecule has 1 aliphatic heterocycles. The number of piperidine rings is 1. The Morgan fingerprint density at radius 1 is 0.914 bits per heavy atom. The molecule has 0 aromatic heterocycles. The summed E-state index contributed by atoms with van der Waals surface area (Å²) in [6.45, 7) is 2.73. The topological polar surface area (TPSA) is 43.7 Å². The minimum Gasteiger partial charge on any atom is -0.508 e. The maximum Gasteiger partial charge on any atom is 0.115 e. The number of hydrogen-bond donors (Lipinski definition) is 2. The van der Waals surface area contributed by atoms with Gasteiger partial charge in [0.25, 0.3) is 0 Å². The molecule has 2 N–H and O–H groups in total. The SMILES string of the molecule is OCCC/C(=C(\c1ccc(O)cc1)C1C=CC(C2CCN(C3C4CC43)CC2)=CC1)c1ccccc1. The van der Waals surface area contributed by atoms with Crippen LogP contribution in [0.1, 0.15) is 49.7 Å². The number of aliphatic hydroxyl groups excluding tert-OH is 1. The van der Waals surface area contributed by atoms with Gasteiger partial charge in [-0.3, -0.25) is 4.90 Å². The molecule has 4 aliphatic rings. The van der Waals surface area contributed by atoms with Crippen LogP contribution in [-0.2, 0) is 0 Å². The molecule has 2 aromatic rings. The molecule has 3 atom stereocenters. The largest absolute Gasteiger partial charge is 0.508 e. The number of aliphatic hydroxyl groups is 1. The summed E-state index contributed by atoms with van der Waals surface area (Å²) in [5, 5.41) is 19.6. The summed E-state index contributed by atoms with van der Waals surface area (Å²) in [6, 6.07) is 19.2. The number of rotatable bonds is 8. The second-order valence-corrected chi connectivity index (χ2v) is 10.9. The molecule has 3 unspecified atom stereocenters. The molecule has 35 heavy (non-hydrogen) atoms. The highest BCUT2D eigenvalue weighted by Crippen LogP contribution is 2.65. The van der Waals surface area contributed by atoms with E-state index >= 15 is 0 Å². The third-order valence-corrected chi connectivity index (χ3v) is 8.76. The van der Waals surface area contributed by atoms with Gasteiger partial charge in [-0.2, -0.15) is 0 Å². The first-order valence-corrected chi connectivity index (χ1v) is 13.5. The fraction of sp³-hybridized carbons (Fsp3) is 0.438. The van der Waals surface area contributed by atoms with Gasteiger partial charge in [0.2, 0.25) is 0 Å². The summed E-state index contributed by atoms with van der Waals surface area (Å²) >= 11 is 0. The van der Waals surface area contributed by atoms with Crippen LogP contribution in [0.15, 0.2) is 78.4 Å². The van der Waals surface area contributed by atoms with E-state index in [2.05, 4.69) is 53.5 Å². The van der Waals surface area contributed by atoms with Crippen LogP contribution in [-0.4, -0.2) is 40.9 Å². The molecular weight excluding hydrogens is 430 g/mol. The number of hydrogen-bond acceptors (Lipinski definition) is 3. The number of likely N-dealkylation sites (tertiary alicyclic amines) is 1. The van der Waals surface area contributed by atoms with E-state index in [1.54, 1.807) is 12.1 Å². The molecule has 2 aromatic carbocycles. The smallest absolute Gasteiger partial charge is 0.115 e. The summed E-state index contributed by atoms with van der Waals surface area (Å²) in [7, 11) is 0. The number of nitrogens with zero attached hydrogens (tertiary/aromatic N) is 1. The predicted octanol–water partition coefficient (Wildman–Crippen LogP) is 6.31. The zero-order chi connectivity index (χ0) is 23.8. The molecule has 1 heterocycles. The quantitative estimate of drug-likeness (QED) is 0.447. The van der Waals surface area contributed by atoms with Crippen LogP contribution in [0, 0.1) is 23.7 Å². The Hall–Kier alpha value is -2.62. The van der Waals surface area contributed by atoms with Gasteiger partial charge in [-0.1, -0.05) is 60.7 Å². The van der Waals surface area contributed by atoms with E-state index in [1.807, 2.05) is 12.1 Å². The normalized spacial score (nSPS) is 28.8. The Balaban J connectivity index is 1.25. The van der Waals surface area contributed by atoms with Crippen LogP contribution in [0.3, 0.4) is 0 Å². The Kier molecular flexibility index (Phi) is 6.39. The second kappa shape index (κ2) is 9.79. The average Bonchev–Trinajstić information content (AvgIpc) is 3.82. The number of fused-ring (bicyclic) bond motifs is 1. The molecule has 0 amide bonds. The van der Waals surface area contributed by atoms with E-state index in [1.165, 1.54) is 54.6 Å². The molecule has 6 rings (SSSR count). The Morgan fingerprint density at radius 2 is 1.66 bits per heavy atom. The lowest BCUT2D eigenvalue weighted by atomic mass is 9.78. The Morgan fingerprint density at radius 3 is 2.26 bits per heavy atom. The van der Waals surface area contributed by atoms with Crippen LogP contribution in [0.4, 0.5) is 0 Å². The van der Waals surface area contributed by atoms with Crippen molar-refractivity contribution < 1.29 is 10.2 Å². The van der Waals surface area contributed by atoms with Gasteiger partial charge in [0.05, 0.1) is 0 Å². The lowest BCUT2D eigenvalue weighted by Crippen LogP contribution is -2.38. The van der Waals surface area contributed by atoms with Gasteiger partial charge in [-0.05, 0) is 109 Å². The van der Waals surface area contributed by atoms with Crippen molar-refractivity contribution in [3.8, 4) is 5.75 Å². The second-order valence-electron chi connectivity index (χ2n) is 10.9. The number of phenols is 1. The van der Waals surface area contributed by atoms with Gasteiger partial charge in [-0.25, -0.2) is 0 Å². The Labute approximate surface area is 209 Å². The predicted molar refractivity (Wildman–Crippen MR) is 143 cm³/mol. The first-order valence-electron chi connectivity index (χ1n) is 13.5. The first kappa shape index (κ1) is 22.8. The maximum absolute atomic E-state index is 9.92. The summed E-state index contributed by atoms with van der Waals surface area (Å²) in [5.74, 6) is 3.41. The number of benzene rings is 2. The van der Waals surface area contributed by atoms with Crippen molar-refractivity contribution >= 4 is 11.1 Å². The van der Waals surface area contributed by atoms with Crippen molar-refractivity contribution in [2.45, 2.75) is 44.6 Å². The molecule has 0 radical (unpaired) electrons. The summed E-state index contributed by atoms with van der Waals surface area (Å²) < 4.78 is 0. The third-order valence-electron chi connectivity index (χ3n) is 8.76. The van der Waals surface area contributed by atoms with Gasteiger partial charge in [0, 0.05) is 18.6 Å². The van der Waals surface area contributed by atoms with Gasteiger partial charge in [0.1, 0.15) is 5.75 Å². The standard InChI is InChI=1S/C32H37NO2/c34-20-4-7-28(24-5-2-1-3-6-24)31(26-12-14-27(35)15-13-26)25-10-8-22(9-11-25)23-16-18-33(19-17-23)32-29-21-30(29)32/h1-3,5-6,8-10,12-15,23,25,29-30,32,34-35H,4,7,11,16-21H2/b31-28+. The molecule has 182 valence electrons. The van der Waals surface area contributed by atoms with Crippen LogP contribution in [0.25, 0.3) is 11.1 Å². The van der Waals surface area contributed by atoms with Crippen molar-refractivity contribution in [2.75, 3.05) is 19.7 Å². The van der Waals surface area contributed by atoms with Crippen LogP contribution in [0.2, 0.25) is 0 Å². The lowest BCUT2D eigenvalue weighted by Gasteiger charge is -2.35. The molecule has 0 spiro atoms. The van der Waals surface area contributed by atoms with Crippen molar-refractivity contribution in [2.24, 2.45) is 23.7 Å². The number of allylic oxidation sites excluding steroid dienone is 6. The fourth-order valence-electron chi connectivity index (χ4n) is 6.55. The number of phenolic OH excluding ortho intramolecular Hbond substituents is 1. The van der Waals surface area contributed by atoms with E-state index in [0.717, 1.165) is 42.7 Å². The molecule has 3 heteroatoms. The minimum absolute atomic E-state index is 0.185. The molecule has 3 nitrogen and oxygen atoms in total. The van der Waals surface area contributed by atoms with E-state index < -0.39 is 0 Å². The summed E-state index contributed by atoms with van der Waals surface area (Å²) in [5.41, 5.74) is 6.52. The molecular formula is C32H37NO2. The van der Waals surface area contributed by atoms with Crippen LogP contribution in [0.5, 0.6) is 5.75 Å². The molecule has 2 saturated carbocycles. The highest BCUT2D eigenvalue weighted by molar-refractivity contribution is 5.92. The van der Waals surface area contributed by atoms with Crippen molar-refractivity contribution in [3.05, 3.63) is 89.5 Å². The highest BCUT2D eigenvalue weighted by atomic mass is 16.3. The van der Waals surface area contributed by atoms with Crippen LogP contribution < -0.4 is 0 Å². The fourth-order valence-corrected chi connectivity index (χ4v) is 6.55. The molecule has 0 bridgehead atoms. The van der Waals surface area contributed by atoms with E-state index in [-0.39, 0.29) is 12.5 Å². The lowest BCUT2D eigenvalue weighted by molar-refractivity contribution is 0.165. The van der Waals surface area contributed by atoms with Gasteiger partial charge >= 0.3 is 0 Å².